The molecule has 2 rings (SSSR count). The van der Waals surface area contributed by atoms with E-state index in [0.29, 0.717) is 25.8 Å². The highest BCUT2D eigenvalue weighted by Gasteiger charge is 2.28. The van der Waals surface area contributed by atoms with Crippen LogP contribution in [0.2, 0.25) is 0 Å². The summed E-state index contributed by atoms with van der Waals surface area (Å²) in [7, 11) is 0. The van der Waals surface area contributed by atoms with Crippen LogP contribution in [0, 0.1) is 6.92 Å². The quantitative estimate of drug-likeness (QED) is 0.540. The maximum atomic E-state index is 13.3. The average molecular weight is 423 g/mol. The van der Waals surface area contributed by atoms with Crippen molar-refractivity contribution >= 4 is 11.8 Å². The van der Waals surface area contributed by atoms with Gasteiger partial charge in [-0.25, -0.2) is 0 Å². The van der Waals surface area contributed by atoms with Gasteiger partial charge in [-0.2, -0.15) is 0 Å². The first-order chi connectivity index (χ1) is 14.9. The summed E-state index contributed by atoms with van der Waals surface area (Å²) < 4.78 is 0. The van der Waals surface area contributed by atoms with Crippen molar-refractivity contribution in [2.75, 3.05) is 0 Å². The van der Waals surface area contributed by atoms with Crippen LogP contribution in [-0.4, -0.2) is 28.8 Å². The van der Waals surface area contributed by atoms with Crippen LogP contribution in [0.1, 0.15) is 69.2 Å². The van der Waals surface area contributed by atoms with Gasteiger partial charge < -0.3 is 10.2 Å². The predicted molar refractivity (Wildman–Crippen MR) is 128 cm³/mol. The lowest BCUT2D eigenvalue weighted by atomic mass is 10.0. The molecule has 168 valence electrons. The molecule has 2 amide bonds. The highest BCUT2D eigenvalue weighted by molar-refractivity contribution is 5.87. The van der Waals surface area contributed by atoms with Crippen molar-refractivity contribution in [2.24, 2.45) is 0 Å². The Bertz CT molecular complexity index is 827. The average Bonchev–Trinajstić information content (AvgIpc) is 2.78. The number of carbonyl (C=O) groups excluding carboxylic acids is 2. The summed E-state index contributed by atoms with van der Waals surface area (Å²) in [6, 6.07) is 16.3. The van der Waals surface area contributed by atoms with Crippen LogP contribution in [0.25, 0.3) is 0 Å². The standard InChI is InChI=1S/C27H38N2O2/c1-6-21(5)28-27(31)25(8-3)29(19-24-11-9-20(4)10-12-24)26(30)18-17-23-15-13-22(7-2)14-16-23/h9-16,21,25H,6-8,17-19H2,1-5H3,(H,28,31)/t21-,25-/m0/s1. The van der Waals surface area contributed by atoms with Gasteiger partial charge in [0.2, 0.25) is 11.8 Å². The van der Waals surface area contributed by atoms with Crippen LogP contribution in [0.5, 0.6) is 0 Å². The molecule has 4 heteroatoms. The first-order valence-electron chi connectivity index (χ1n) is 11.6. The molecule has 1 N–H and O–H groups in total. The number of hydrogen-bond acceptors (Lipinski definition) is 2. The van der Waals surface area contributed by atoms with Gasteiger partial charge >= 0.3 is 0 Å². The van der Waals surface area contributed by atoms with Crippen LogP contribution in [0.3, 0.4) is 0 Å². The zero-order valence-electron chi connectivity index (χ0n) is 19.8. The van der Waals surface area contributed by atoms with E-state index in [1.54, 1.807) is 4.90 Å². The van der Waals surface area contributed by atoms with Gasteiger partial charge in [0.1, 0.15) is 6.04 Å². The zero-order valence-corrected chi connectivity index (χ0v) is 19.8. The molecule has 2 atom stereocenters. The second kappa shape index (κ2) is 12.3. The predicted octanol–water partition coefficient (Wildman–Crippen LogP) is 5.21. The normalized spacial score (nSPS) is 12.8. The maximum absolute atomic E-state index is 13.3. The topological polar surface area (TPSA) is 49.4 Å². The largest absolute Gasteiger partial charge is 0.352 e. The molecule has 0 aliphatic rings. The molecule has 0 spiro atoms. The molecule has 0 aliphatic heterocycles. The first-order valence-corrected chi connectivity index (χ1v) is 11.6. The summed E-state index contributed by atoms with van der Waals surface area (Å²) >= 11 is 0. The Balaban J connectivity index is 2.18. The van der Waals surface area contributed by atoms with Gasteiger partial charge in [-0.15, -0.1) is 0 Å². The van der Waals surface area contributed by atoms with Crippen molar-refractivity contribution in [3.8, 4) is 0 Å². The molecule has 0 radical (unpaired) electrons. The van der Waals surface area contributed by atoms with E-state index < -0.39 is 6.04 Å². The molecule has 2 aromatic rings. The molecule has 4 nitrogen and oxygen atoms in total. The molecular formula is C27H38N2O2. The number of benzene rings is 2. The summed E-state index contributed by atoms with van der Waals surface area (Å²) in [5.74, 6) is -0.0455. The lowest BCUT2D eigenvalue weighted by Crippen LogP contribution is -2.50. The highest BCUT2D eigenvalue weighted by Crippen LogP contribution is 2.16. The van der Waals surface area contributed by atoms with E-state index in [-0.39, 0.29) is 17.9 Å². The zero-order chi connectivity index (χ0) is 22.8. The van der Waals surface area contributed by atoms with E-state index in [4.69, 9.17) is 0 Å². The number of amides is 2. The Kier molecular flexibility index (Phi) is 9.77. The molecular weight excluding hydrogens is 384 g/mol. The summed E-state index contributed by atoms with van der Waals surface area (Å²) in [6.07, 6.45) is 3.53. The molecule has 2 aromatic carbocycles. The Labute approximate surface area is 188 Å². The van der Waals surface area contributed by atoms with Gasteiger partial charge in [-0.3, -0.25) is 9.59 Å². The number of nitrogens with zero attached hydrogens (tertiary/aromatic N) is 1. The molecule has 0 saturated heterocycles. The van der Waals surface area contributed by atoms with Crippen LogP contribution in [0.4, 0.5) is 0 Å². The third kappa shape index (κ3) is 7.54. The number of carbonyl (C=O) groups is 2. The van der Waals surface area contributed by atoms with Crippen LogP contribution >= 0.6 is 0 Å². The minimum atomic E-state index is -0.467. The highest BCUT2D eigenvalue weighted by atomic mass is 16.2. The van der Waals surface area contributed by atoms with E-state index in [0.717, 1.165) is 24.0 Å². The molecule has 0 bridgehead atoms. The Morgan fingerprint density at radius 3 is 2.00 bits per heavy atom. The van der Waals surface area contributed by atoms with Gasteiger partial charge in [0.25, 0.3) is 0 Å². The second-order valence-corrected chi connectivity index (χ2v) is 8.42. The lowest BCUT2D eigenvalue weighted by Gasteiger charge is -2.31. The van der Waals surface area contributed by atoms with E-state index in [1.165, 1.54) is 11.1 Å². The molecule has 0 heterocycles. The SMILES string of the molecule is CCc1ccc(CCC(=O)N(Cc2ccc(C)cc2)[C@@H](CC)C(=O)N[C@@H](C)CC)cc1. The molecule has 0 aliphatic carbocycles. The van der Waals surface area contributed by atoms with Gasteiger partial charge in [-0.1, -0.05) is 74.9 Å². The molecule has 31 heavy (non-hydrogen) atoms. The number of aryl methyl sites for hydroxylation is 3. The van der Waals surface area contributed by atoms with Gasteiger partial charge in [-0.05, 0) is 56.2 Å². The third-order valence-corrected chi connectivity index (χ3v) is 5.92. The van der Waals surface area contributed by atoms with Crippen molar-refractivity contribution in [1.29, 1.82) is 0 Å². The second-order valence-electron chi connectivity index (χ2n) is 8.42. The van der Waals surface area contributed by atoms with Crippen molar-refractivity contribution in [1.82, 2.24) is 10.2 Å². The lowest BCUT2D eigenvalue weighted by molar-refractivity contribution is -0.141. The fourth-order valence-corrected chi connectivity index (χ4v) is 3.59. The van der Waals surface area contributed by atoms with Crippen LogP contribution < -0.4 is 5.32 Å². The molecule has 0 saturated carbocycles. The van der Waals surface area contributed by atoms with Crippen molar-refractivity contribution in [2.45, 2.75) is 85.4 Å². The first kappa shape index (κ1) is 24.6. The minimum absolute atomic E-state index is 0.0197. The molecule has 0 aromatic heterocycles. The molecule has 0 fully saturated rings. The van der Waals surface area contributed by atoms with Gasteiger partial charge in [0.05, 0.1) is 0 Å². The van der Waals surface area contributed by atoms with Gasteiger partial charge in [0.15, 0.2) is 0 Å². The van der Waals surface area contributed by atoms with E-state index in [1.807, 2.05) is 52.0 Å². The van der Waals surface area contributed by atoms with E-state index in [9.17, 15) is 9.59 Å². The summed E-state index contributed by atoms with van der Waals surface area (Å²) in [4.78, 5) is 28.1. The van der Waals surface area contributed by atoms with E-state index >= 15 is 0 Å². The smallest absolute Gasteiger partial charge is 0.243 e. The Hall–Kier alpha value is -2.62. The third-order valence-electron chi connectivity index (χ3n) is 5.92. The Morgan fingerprint density at radius 2 is 1.45 bits per heavy atom. The van der Waals surface area contributed by atoms with Crippen molar-refractivity contribution in [3.63, 3.8) is 0 Å². The monoisotopic (exact) mass is 422 g/mol. The maximum Gasteiger partial charge on any atom is 0.243 e. The fourth-order valence-electron chi connectivity index (χ4n) is 3.59. The number of hydrogen-bond donors (Lipinski definition) is 1. The molecule has 0 unspecified atom stereocenters. The van der Waals surface area contributed by atoms with Crippen molar-refractivity contribution in [3.05, 3.63) is 70.8 Å². The Morgan fingerprint density at radius 1 is 0.871 bits per heavy atom. The number of rotatable bonds is 11. The van der Waals surface area contributed by atoms with Crippen molar-refractivity contribution < 1.29 is 9.59 Å². The van der Waals surface area contributed by atoms with Gasteiger partial charge in [0, 0.05) is 19.0 Å². The fraction of sp³-hybridized carbons (Fsp3) is 0.481. The van der Waals surface area contributed by atoms with E-state index in [2.05, 4.69) is 36.5 Å². The number of nitrogens with one attached hydrogen (secondary N) is 1. The van der Waals surface area contributed by atoms with Crippen LogP contribution in [0.15, 0.2) is 48.5 Å². The van der Waals surface area contributed by atoms with Crippen LogP contribution in [-0.2, 0) is 29.0 Å². The summed E-state index contributed by atoms with van der Waals surface area (Å²) in [5, 5.41) is 3.06. The minimum Gasteiger partial charge on any atom is -0.352 e. The summed E-state index contributed by atoms with van der Waals surface area (Å²) in [6.45, 7) is 10.6. The summed E-state index contributed by atoms with van der Waals surface area (Å²) in [5.41, 5.74) is 4.67.